The minimum absolute atomic E-state index is 0.0464. The third kappa shape index (κ3) is 3.48. The van der Waals surface area contributed by atoms with Crippen LogP contribution in [0.4, 0.5) is 8.78 Å². The van der Waals surface area contributed by atoms with Crippen molar-refractivity contribution in [1.82, 2.24) is 9.97 Å². The maximum atomic E-state index is 13.7. The molecule has 0 aliphatic carbocycles. The molecule has 0 fully saturated rings. The largest absolute Gasteiger partial charge is 0.465 e. The Morgan fingerprint density at radius 3 is 2.73 bits per heavy atom. The lowest BCUT2D eigenvalue weighted by molar-refractivity contribution is 0.0601. The number of aromatic nitrogens is 2. The normalized spacial score (nSPS) is 11.6. The van der Waals surface area contributed by atoms with Crippen LogP contribution in [0.25, 0.3) is 22.0 Å². The number of halogens is 3. The van der Waals surface area contributed by atoms with E-state index in [0.29, 0.717) is 0 Å². The predicted molar refractivity (Wildman–Crippen MR) is 93.8 cm³/mol. The number of nitrogens with one attached hydrogen (secondary N) is 1. The van der Waals surface area contributed by atoms with Gasteiger partial charge in [-0.25, -0.2) is 18.6 Å². The van der Waals surface area contributed by atoms with E-state index in [4.69, 9.17) is 11.6 Å². The summed E-state index contributed by atoms with van der Waals surface area (Å²) in [6.07, 6.45) is 1.15. The Bertz CT molecular complexity index is 1110. The minimum atomic E-state index is -0.680. The number of aromatic amines is 1. The van der Waals surface area contributed by atoms with Crippen LogP contribution in [0.15, 0.2) is 41.2 Å². The number of methoxy groups -OCH3 is 1. The zero-order chi connectivity index (χ0) is 18.8. The smallest absolute Gasteiger partial charge is 0.337 e. The summed E-state index contributed by atoms with van der Waals surface area (Å²) in [5.74, 6) is -1.95. The average Bonchev–Trinajstić information content (AvgIpc) is 2.63. The van der Waals surface area contributed by atoms with Crippen LogP contribution < -0.4 is 5.56 Å². The molecule has 26 heavy (non-hydrogen) atoms. The summed E-state index contributed by atoms with van der Waals surface area (Å²) < 4.78 is 31.6. The van der Waals surface area contributed by atoms with Crippen molar-refractivity contribution in [2.24, 2.45) is 0 Å². The molecule has 0 radical (unpaired) electrons. The fourth-order valence-electron chi connectivity index (χ4n) is 2.33. The van der Waals surface area contributed by atoms with Crippen molar-refractivity contribution in [3.05, 3.63) is 75.3 Å². The second kappa shape index (κ2) is 7.05. The summed E-state index contributed by atoms with van der Waals surface area (Å²) in [4.78, 5) is 30.5. The second-order valence-electron chi connectivity index (χ2n) is 5.30. The molecule has 3 rings (SSSR count). The number of ether oxygens (including phenoxy) is 1. The van der Waals surface area contributed by atoms with Crippen LogP contribution in [0.5, 0.6) is 0 Å². The van der Waals surface area contributed by atoms with E-state index in [9.17, 15) is 18.4 Å². The quantitative estimate of drug-likeness (QED) is 0.707. The van der Waals surface area contributed by atoms with E-state index < -0.39 is 23.2 Å². The van der Waals surface area contributed by atoms with Crippen molar-refractivity contribution >= 4 is 39.6 Å². The Balaban J connectivity index is 2.12. The summed E-state index contributed by atoms with van der Waals surface area (Å²) in [5, 5.41) is 0.139. The van der Waals surface area contributed by atoms with Crippen molar-refractivity contribution in [2.45, 2.75) is 0 Å². The number of H-pyrrole nitrogens is 1. The molecule has 132 valence electrons. The number of benzene rings is 2. The SMILES string of the molecule is COC(=O)c1ccc2c(=O)[nH]c(C(Cl)=Cc3cc(F)ccc3F)nc2c1. The van der Waals surface area contributed by atoms with Gasteiger partial charge < -0.3 is 9.72 Å². The molecule has 8 heteroatoms. The molecule has 1 heterocycles. The van der Waals surface area contributed by atoms with Gasteiger partial charge in [0, 0.05) is 5.56 Å². The maximum absolute atomic E-state index is 13.7. The topological polar surface area (TPSA) is 72.1 Å². The first-order valence-electron chi connectivity index (χ1n) is 7.34. The van der Waals surface area contributed by atoms with E-state index in [1.165, 1.54) is 25.3 Å². The zero-order valence-electron chi connectivity index (χ0n) is 13.3. The summed E-state index contributed by atoms with van der Waals surface area (Å²) in [7, 11) is 1.23. The number of carbonyl (C=O) groups is 1. The number of carbonyl (C=O) groups excluding carboxylic acids is 1. The standard InChI is InChI=1S/C18H11ClF2N2O3/c1-26-18(25)9-2-4-12-15(8-9)22-16(23-17(12)24)13(19)7-10-6-11(20)3-5-14(10)21/h2-8H,1H3,(H,22,23,24). The van der Waals surface area contributed by atoms with Gasteiger partial charge >= 0.3 is 5.97 Å². The molecule has 0 unspecified atom stereocenters. The van der Waals surface area contributed by atoms with Gasteiger partial charge in [0.1, 0.15) is 11.6 Å². The molecule has 0 aliphatic heterocycles. The molecular formula is C18H11ClF2N2O3. The number of hydrogen-bond donors (Lipinski definition) is 1. The maximum Gasteiger partial charge on any atom is 0.337 e. The van der Waals surface area contributed by atoms with Crippen molar-refractivity contribution in [3.8, 4) is 0 Å². The van der Waals surface area contributed by atoms with Crippen LogP contribution >= 0.6 is 11.6 Å². The molecule has 5 nitrogen and oxygen atoms in total. The fourth-order valence-corrected chi connectivity index (χ4v) is 2.53. The van der Waals surface area contributed by atoms with Gasteiger partial charge in [-0.3, -0.25) is 4.79 Å². The first-order valence-corrected chi connectivity index (χ1v) is 7.72. The molecule has 0 spiro atoms. The number of rotatable bonds is 3. The molecular weight excluding hydrogens is 366 g/mol. The van der Waals surface area contributed by atoms with Crippen LogP contribution in [-0.2, 0) is 4.74 Å². The lowest BCUT2D eigenvalue weighted by atomic mass is 10.1. The lowest BCUT2D eigenvalue weighted by Crippen LogP contribution is -2.11. The molecule has 1 aromatic heterocycles. The highest BCUT2D eigenvalue weighted by Crippen LogP contribution is 2.22. The van der Waals surface area contributed by atoms with Gasteiger partial charge in [0.15, 0.2) is 5.82 Å². The first kappa shape index (κ1) is 17.8. The van der Waals surface area contributed by atoms with Crippen LogP contribution in [0, 0.1) is 11.6 Å². The molecule has 0 saturated carbocycles. The average molecular weight is 377 g/mol. The highest BCUT2D eigenvalue weighted by molar-refractivity contribution is 6.50. The monoisotopic (exact) mass is 376 g/mol. The van der Waals surface area contributed by atoms with E-state index in [0.717, 1.165) is 24.3 Å². The van der Waals surface area contributed by atoms with Gasteiger partial charge in [0.05, 0.1) is 28.6 Å². The van der Waals surface area contributed by atoms with Gasteiger partial charge in [-0.15, -0.1) is 0 Å². The number of fused-ring (bicyclic) bond motifs is 1. The van der Waals surface area contributed by atoms with Crippen molar-refractivity contribution in [3.63, 3.8) is 0 Å². The molecule has 2 aromatic carbocycles. The third-order valence-electron chi connectivity index (χ3n) is 3.59. The summed E-state index contributed by atoms with van der Waals surface area (Å²) in [6, 6.07) is 7.15. The summed E-state index contributed by atoms with van der Waals surface area (Å²) in [6.45, 7) is 0. The highest BCUT2D eigenvalue weighted by Gasteiger charge is 2.12. The predicted octanol–water partition coefficient (Wildman–Crippen LogP) is 3.72. The molecule has 3 aromatic rings. The van der Waals surface area contributed by atoms with E-state index >= 15 is 0 Å². The molecule has 0 amide bonds. The molecule has 0 saturated heterocycles. The van der Waals surface area contributed by atoms with Crippen LogP contribution in [0.3, 0.4) is 0 Å². The lowest BCUT2D eigenvalue weighted by Gasteiger charge is -2.05. The second-order valence-corrected chi connectivity index (χ2v) is 5.70. The highest BCUT2D eigenvalue weighted by atomic mass is 35.5. The minimum Gasteiger partial charge on any atom is -0.465 e. The number of esters is 1. The number of nitrogens with zero attached hydrogens (tertiary/aromatic N) is 1. The summed E-state index contributed by atoms with van der Waals surface area (Å²) >= 11 is 6.11. The Morgan fingerprint density at radius 1 is 1.23 bits per heavy atom. The Labute approximate surface area is 150 Å². The van der Waals surface area contributed by atoms with Crippen molar-refractivity contribution in [2.75, 3.05) is 7.11 Å². The van der Waals surface area contributed by atoms with Crippen LogP contribution in [0.2, 0.25) is 0 Å². The third-order valence-corrected chi connectivity index (χ3v) is 3.88. The van der Waals surface area contributed by atoms with Gasteiger partial charge in [0.2, 0.25) is 0 Å². The van der Waals surface area contributed by atoms with Gasteiger partial charge in [-0.2, -0.15) is 0 Å². The van der Waals surface area contributed by atoms with Gasteiger partial charge in [-0.1, -0.05) is 11.6 Å². The molecule has 0 bridgehead atoms. The van der Waals surface area contributed by atoms with E-state index in [1.807, 2.05) is 0 Å². The Hall–Kier alpha value is -3.06. The summed E-state index contributed by atoms with van der Waals surface area (Å²) in [5.41, 5.74) is -0.174. The number of hydrogen-bond acceptors (Lipinski definition) is 4. The van der Waals surface area contributed by atoms with Gasteiger partial charge in [0.25, 0.3) is 5.56 Å². The van der Waals surface area contributed by atoms with Gasteiger partial charge in [-0.05, 0) is 42.5 Å². The first-order chi connectivity index (χ1) is 12.4. The van der Waals surface area contributed by atoms with E-state index in [2.05, 4.69) is 14.7 Å². The van der Waals surface area contributed by atoms with Crippen molar-refractivity contribution < 1.29 is 18.3 Å². The van der Waals surface area contributed by atoms with Crippen LogP contribution in [-0.4, -0.2) is 23.0 Å². The van der Waals surface area contributed by atoms with Crippen molar-refractivity contribution in [1.29, 1.82) is 0 Å². The Morgan fingerprint density at radius 2 is 2.00 bits per heavy atom. The zero-order valence-corrected chi connectivity index (χ0v) is 14.1. The molecule has 0 aliphatic rings. The molecule has 0 atom stereocenters. The Kier molecular flexibility index (Phi) is 4.81. The van der Waals surface area contributed by atoms with Crippen LogP contribution in [0.1, 0.15) is 21.7 Å². The van der Waals surface area contributed by atoms with E-state index in [-0.39, 0.29) is 32.9 Å². The van der Waals surface area contributed by atoms with E-state index in [1.54, 1.807) is 0 Å². The fraction of sp³-hybridized carbons (Fsp3) is 0.0556. The molecule has 1 N–H and O–H groups in total.